The highest BCUT2D eigenvalue weighted by molar-refractivity contribution is 7.93. The fourth-order valence-electron chi connectivity index (χ4n) is 5.10. The molecule has 272 valence electrons. The summed E-state index contributed by atoms with van der Waals surface area (Å²) < 4.78 is 23.9. The molecule has 0 heterocycles. The Labute approximate surface area is 294 Å². The number of carbonyl (C=O) groups is 4. The topological polar surface area (TPSA) is 225 Å². The van der Waals surface area contributed by atoms with Gasteiger partial charge in [0.1, 0.15) is 24.7 Å². The van der Waals surface area contributed by atoms with E-state index in [0.717, 1.165) is 28.4 Å². The molecule has 50 heavy (non-hydrogen) atoms. The number of amides is 4. The predicted octanol–water partition coefficient (Wildman–Crippen LogP) is 2.83. The molecule has 15 heteroatoms. The van der Waals surface area contributed by atoms with Gasteiger partial charge in [-0.05, 0) is 53.3 Å². The van der Waals surface area contributed by atoms with Crippen LogP contribution in [0.5, 0.6) is 0 Å². The van der Waals surface area contributed by atoms with Gasteiger partial charge in [-0.15, -0.1) is 0 Å². The van der Waals surface area contributed by atoms with E-state index in [-0.39, 0.29) is 37.5 Å². The van der Waals surface area contributed by atoms with E-state index in [1.165, 1.54) is 6.08 Å². The first-order valence-electron chi connectivity index (χ1n) is 16.5. The first-order valence-corrected chi connectivity index (χ1v) is 18.5. The van der Waals surface area contributed by atoms with Crippen molar-refractivity contribution in [3.05, 3.63) is 93.2 Å². The van der Waals surface area contributed by atoms with Crippen molar-refractivity contribution < 1.29 is 27.6 Å². The molecule has 0 unspecified atom stereocenters. The summed E-state index contributed by atoms with van der Waals surface area (Å²) >= 11 is 0. The Bertz CT molecular complexity index is 1610. The molecule has 0 fully saturated rings. The van der Waals surface area contributed by atoms with Crippen molar-refractivity contribution in [1.82, 2.24) is 21.3 Å². The third kappa shape index (κ3) is 16.1. The second-order valence-corrected chi connectivity index (χ2v) is 15.0. The Kier molecular flexibility index (Phi) is 17.2. The highest BCUT2D eigenvalue weighted by atomic mass is 32.2. The zero-order valence-electron chi connectivity index (χ0n) is 29.3. The van der Waals surface area contributed by atoms with Crippen LogP contribution in [0.15, 0.2) is 71.2 Å². The van der Waals surface area contributed by atoms with Crippen molar-refractivity contribution in [2.45, 2.75) is 84.1 Å². The normalized spacial score (nSPS) is 13.9. The Balaban J connectivity index is 2.31. The molecule has 2 aromatic carbocycles. The number of hydrogen-bond acceptors (Lipinski definition) is 8. The van der Waals surface area contributed by atoms with Crippen LogP contribution in [0.4, 0.5) is 0 Å². The van der Waals surface area contributed by atoms with E-state index >= 15 is 0 Å². The van der Waals surface area contributed by atoms with Crippen LogP contribution in [0.25, 0.3) is 10.4 Å². The quantitative estimate of drug-likeness (QED) is 0.0784. The maximum Gasteiger partial charge on any atom is 0.243 e. The summed E-state index contributed by atoms with van der Waals surface area (Å²) in [4.78, 5) is 56.2. The van der Waals surface area contributed by atoms with Crippen LogP contribution in [-0.4, -0.2) is 69.0 Å². The first kappa shape index (κ1) is 41.5. The van der Waals surface area contributed by atoms with E-state index in [2.05, 4.69) is 31.3 Å². The summed E-state index contributed by atoms with van der Waals surface area (Å²) in [6, 6.07) is 12.5. The number of nitrogens with zero attached hydrogens (tertiary/aromatic N) is 3. The molecule has 4 amide bonds. The lowest BCUT2D eigenvalue weighted by molar-refractivity contribution is -0.134. The van der Waals surface area contributed by atoms with Gasteiger partial charge in [-0.25, -0.2) is 8.42 Å². The highest BCUT2D eigenvalue weighted by Crippen LogP contribution is 2.13. The van der Waals surface area contributed by atoms with Gasteiger partial charge in [-0.1, -0.05) is 93.5 Å². The maximum atomic E-state index is 13.8. The van der Waals surface area contributed by atoms with Crippen molar-refractivity contribution in [2.75, 3.05) is 12.8 Å². The summed E-state index contributed by atoms with van der Waals surface area (Å²) in [7, 11) is -3.50. The highest BCUT2D eigenvalue weighted by Gasteiger charge is 2.31. The molecule has 0 aliphatic heterocycles. The average molecular weight is 711 g/mol. The van der Waals surface area contributed by atoms with Gasteiger partial charge in [0.05, 0.1) is 6.04 Å². The number of sulfone groups is 1. The Morgan fingerprint density at radius 3 is 1.76 bits per heavy atom. The lowest BCUT2D eigenvalue weighted by Crippen LogP contribution is -2.58. The molecule has 0 aliphatic carbocycles. The molecular formula is C35H50N8O6S. The molecule has 0 aromatic heterocycles. The summed E-state index contributed by atoms with van der Waals surface area (Å²) in [6.45, 7) is 7.42. The van der Waals surface area contributed by atoms with Crippen molar-refractivity contribution >= 4 is 33.5 Å². The number of rotatable bonds is 20. The van der Waals surface area contributed by atoms with Gasteiger partial charge >= 0.3 is 0 Å². The predicted molar refractivity (Wildman–Crippen MR) is 193 cm³/mol. The van der Waals surface area contributed by atoms with E-state index in [4.69, 9.17) is 11.3 Å². The van der Waals surface area contributed by atoms with Crippen LogP contribution in [0.3, 0.4) is 0 Å². The summed E-state index contributed by atoms with van der Waals surface area (Å²) in [5, 5.41) is 15.3. The second kappa shape index (κ2) is 20.7. The van der Waals surface area contributed by atoms with Crippen LogP contribution in [-0.2, 0) is 48.4 Å². The molecule has 0 bridgehead atoms. The van der Waals surface area contributed by atoms with Gasteiger partial charge in [0.15, 0.2) is 9.84 Å². The lowest BCUT2D eigenvalue weighted by Gasteiger charge is -2.27. The third-order valence-electron chi connectivity index (χ3n) is 7.49. The summed E-state index contributed by atoms with van der Waals surface area (Å²) in [5.41, 5.74) is 16.8. The van der Waals surface area contributed by atoms with Gasteiger partial charge in [-0.3, -0.25) is 19.2 Å². The van der Waals surface area contributed by atoms with Crippen LogP contribution in [0, 0.1) is 11.8 Å². The number of hydrogen-bond donors (Lipinski definition) is 5. The Morgan fingerprint density at radius 1 is 0.760 bits per heavy atom. The molecule has 2 aromatic rings. The molecule has 6 N–H and O–H groups in total. The Morgan fingerprint density at radius 2 is 1.26 bits per heavy atom. The molecule has 0 saturated carbocycles. The lowest BCUT2D eigenvalue weighted by atomic mass is 9.98. The summed E-state index contributed by atoms with van der Waals surface area (Å²) in [5.74, 6) is -2.44. The molecule has 0 radical (unpaired) electrons. The van der Waals surface area contributed by atoms with Crippen LogP contribution in [0.1, 0.15) is 57.2 Å². The SMILES string of the molecule is CC(C)C[C@H](NC(=O)[C@H](CC(C)C)NC(=O)[C@H](Cc1ccccc1)NC(=O)CN=[N+]=[N-])C(=O)N[C@H](/C=C/S(C)(=O)=O)Cc1ccc(CN)cc1. The van der Waals surface area contributed by atoms with E-state index in [1.807, 2.05) is 58.0 Å². The molecule has 14 nitrogen and oxygen atoms in total. The zero-order valence-corrected chi connectivity index (χ0v) is 30.2. The minimum atomic E-state index is -3.50. The van der Waals surface area contributed by atoms with Crippen molar-refractivity contribution in [1.29, 1.82) is 0 Å². The van der Waals surface area contributed by atoms with Gasteiger partial charge in [-0.2, -0.15) is 0 Å². The molecule has 2 rings (SSSR count). The minimum absolute atomic E-state index is 0.0143. The fraction of sp³-hybridized carbons (Fsp3) is 0.486. The van der Waals surface area contributed by atoms with Crippen LogP contribution in [0.2, 0.25) is 0 Å². The maximum absolute atomic E-state index is 13.8. The Hall–Kier alpha value is -4.72. The number of nitrogens with two attached hydrogens (primary N) is 1. The van der Waals surface area contributed by atoms with Crippen LogP contribution < -0.4 is 27.0 Å². The molecule has 0 saturated heterocycles. The van der Waals surface area contributed by atoms with E-state index in [0.29, 0.717) is 6.54 Å². The summed E-state index contributed by atoms with van der Waals surface area (Å²) in [6.07, 6.45) is 3.35. The fourth-order valence-corrected chi connectivity index (χ4v) is 5.57. The van der Waals surface area contributed by atoms with Gasteiger partial charge in [0, 0.05) is 29.5 Å². The minimum Gasteiger partial charge on any atom is -0.348 e. The van der Waals surface area contributed by atoms with Gasteiger partial charge < -0.3 is 27.0 Å². The molecule has 4 atom stereocenters. The van der Waals surface area contributed by atoms with Crippen molar-refractivity contribution in [3.8, 4) is 0 Å². The van der Waals surface area contributed by atoms with E-state index in [9.17, 15) is 27.6 Å². The number of carbonyl (C=O) groups excluding carboxylic acids is 4. The van der Waals surface area contributed by atoms with Crippen molar-refractivity contribution in [2.24, 2.45) is 22.7 Å². The van der Waals surface area contributed by atoms with Crippen molar-refractivity contribution in [3.63, 3.8) is 0 Å². The second-order valence-electron chi connectivity index (χ2n) is 13.1. The van der Waals surface area contributed by atoms with E-state index in [1.54, 1.807) is 24.3 Å². The smallest absolute Gasteiger partial charge is 0.243 e. The number of azide groups is 1. The zero-order chi connectivity index (χ0) is 37.3. The monoisotopic (exact) mass is 710 g/mol. The van der Waals surface area contributed by atoms with E-state index < -0.39 is 64.2 Å². The van der Waals surface area contributed by atoms with Gasteiger partial charge in [0.25, 0.3) is 0 Å². The number of benzene rings is 2. The molecular weight excluding hydrogens is 661 g/mol. The standard InChI is InChI=1S/C35H50N8O6S/c1-23(2)17-29(33(45)39-28(15-16-50(5,48)49)19-26-11-13-27(21-36)14-12-26)41-34(46)30(18-24(3)4)42-35(47)31(40-32(44)22-38-43-37)20-25-9-7-6-8-10-25/h6-16,23-24,28-31H,17-22,36H2,1-5H3,(H,39,45)(H,40,44)(H,41,46)(H,42,47)/b16-15+/t28-,29+,30+,31+/m1/s1. The third-order valence-corrected chi connectivity index (χ3v) is 8.14. The molecule has 0 aliphatic rings. The first-order chi connectivity index (χ1) is 23.6. The average Bonchev–Trinajstić information content (AvgIpc) is 3.05. The molecule has 0 spiro atoms. The van der Waals surface area contributed by atoms with Crippen LogP contribution >= 0.6 is 0 Å². The van der Waals surface area contributed by atoms with Gasteiger partial charge in [0.2, 0.25) is 23.6 Å². The number of nitrogens with one attached hydrogen (secondary N) is 4. The largest absolute Gasteiger partial charge is 0.348 e.